The van der Waals surface area contributed by atoms with E-state index in [1.54, 1.807) is 13.8 Å². The lowest BCUT2D eigenvalue weighted by molar-refractivity contribution is -0.159. The second-order valence-corrected chi connectivity index (χ2v) is 8.31. The molecule has 156 valence electrons. The van der Waals surface area contributed by atoms with E-state index in [9.17, 15) is 19.8 Å². The summed E-state index contributed by atoms with van der Waals surface area (Å²) in [4.78, 5) is 23.4. The van der Waals surface area contributed by atoms with Gasteiger partial charge < -0.3 is 19.3 Å². The Bertz CT molecular complexity index is 508. The third kappa shape index (κ3) is 7.34. The molecule has 0 rings (SSSR count). The lowest BCUT2D eigenvalue weighted by atomic mass is 9.76. The van der Waals surface area contributed by atoms with Gasteiger partial charge in [0.25, 0.3) is 8.53 Å². The highest BCUT2D eigenvalue weighted by Crippen LogP contribution is 2.51. The minimum absolute atomic E-state index is 0.0335. The third-order valence-electron chi connectivity index (χ3n) is 4.54. The highest BCUT2D eigenvalue weighted by Gasteiger charge is 2.47. The summed E-state index contributed by atoms with van der Waals surface area (Å²) < 4.78 is 13.9. The average molecular weight is 404 g/mol. The Morgan fingerprint density at radius 3 is 2.00 bits per heavy atom. The molecule has 0 aliphatic heterocycles. The van der Waals surface area contributed by atoms with Gasteiger partial charge in [0.05, 0.1) is 37.0 Å². The number of carboxylic acids is 2. The molecule has 0 saturated heterocycles. The van der Waals surface area contributed by atoms with Crippen LogP contribution in [0.15, 0.2) is 0 Å². The molecule has 0 fully saturated rings. The first kappa shape index (κ1) is 25.7. The van der Waals surface area contributed by atoms with E-state index < -0.39 is 38.4 Å². The predicted octanol–water partition coefficient (Wildman–Crippen LogP) is 4.01. The molecular weight excluding hydrogens is 371 g/mol. The first-order valence-corrected chi connectivity index (χ1v) is 10.4. The van der Waals surface area contributed by atoms with Crippen LogP contribution in [0.5, 0.6) is 0 Å². The quantitative estimate of drug-likeness (QED) is 0.329. The molecule has 2 N–H and O–H groups in total. The predicted molar refractivity (Wildman–Crippen MR) is 103 cm³/mol. The lowest BCUT2D eigenvalue weighted by Gasteiger charge is -2.41. The van der Waals surface area contributed by atoms with Crippen LogP contribution in [0.25, 0.3) is 0 Å². The minimum atomic E-state index is -1.73. The Kier molecular flexibility index (Phi) is 11.7. The van der Waals surface area contributed by atoms with Crippen molar-refractivity contribution >= 4 is 20.5 Å². The topological polar surface area (TPSA) is 120 Å². The van der Waals surface area contributed by atoms with Gasteiger partial charge in [0.15, 0.2) is 0 Å². The molecule has 0 aromatic rings. The van der Waals surface area contributed by atoms with Crippen LogP contribution in [0, 0.1) is 16.7 Å². The van der Waals surface area contributed by atoms with Crippen molar-refractivity contribution in [2.75, 3.05) is 6.61 Å². The van der Waals surface area contributed by atoms with Crippen molar-refractivity contribution in [2.24, 2.45) is 5.41 Å². The fraction of sp³-hybridized carbons (Fsp3) is 0.833. The summed E-state index contributed by atoms with van der Waals surface area (Å²) in [6, 6.07) is 2.07. The summed E-state index contributed by atoms with van der Waals surface area (Å²) in [7, 11) is -1.73. The lowest BCUT2D eigenvalue weighted by Crippen LogP contribution is -2.45. The molecule has 0 aromatic carbocycles. The Labute approximate surface area is 163 Å². The van der Waals surface area contributed by atoms with E-state index in [4.69, 9.17) is 14.3 Å². The third-order valence-corrected chi connectivity index (χ3v) is 6.68. The number of rotatable bonds is 14. The zero-order chi connectivity index (χ0) is 21.2. The number of aliphatic carboxylic acids is 2. The summed E-state index contributed by atoms with van der Waals surface area (Å²) in [5, 5.41) is 28.0. The van der Waals surface area contributed by atoms with Gasteiger partial charge in [0.1, 0.15) is 0 Å². The maximum Gasteiger partial charge on any atom is 0.312 e. The van der Waals surface area contributed by atoms with E-state index in [2.05, 4.69) is 0 Å². The van der Waals surface area contributed by atoms with Crippen LogP contribution < -0.4 is 0 Å². The molecule has 2 atom stereocenters. The number of hydrogen-bond donors (Lipinski definition) is 2. The van der Waals surface area contributed by atoms with Crippen molar-refractivity contribution in [1.82, 2.24) is 4.67 Å². The largest absolute Gasteiger partial charge is 0.481 e. The molecule has 0 radical (unpaired) electrons. The zero-order valence-electron chi connectivity index (χ0n) is 17.1. The second-order valence-electron chi connectivity index (χ2n) is 6.91. The average Bonchev–Trinajstić information content (AvgIpc) is 2.54. The number of carboxylic acid groups (broad SMARTS) is 2. The Hall–Kier alpha value is -1.26. The van der Waals surface area contributed by atoms with Gasteiger partial charge in [0, 0.05) is 12.1 Å². The van der Waals surface area contributed by atoms with Crippen molar-refractivity contribution in [3.05, 3.63) is 0 Å². The van der Waals surface area contributed by atoms with E-state index in [1.807, 2.05) is 38.4 Å². The first-order chi connectivity index (χ1) is 12.6. The van der Waals surface area contributed by atoms with E-state index in [1.165, 1.54) is 0 Å². The first-order valence-electron chi connectivity index (χ1n) is 9.27. The van der Waals surface area contributed by atoms with Crippen LogP contribution in [-0.4, -0.2) is 51.6 Å². The molecular formula is C18H33N2O6P. The van der Waals surface area contributed by atoms with E-state index in [0.717, 1.165) is 0 Å². The molecule has 0 heterocycles. The van der Waals surface area contributed by atoms with Gasteiger partial charge in [-0.25, -0.2) is 4.67 Å². The number of hydrogen-bond acceptors (Lipinski definition) is 6. The van der Waals surface area contributed by atoms with E-state index >= 15 is 0 Å². The van der Waals surface area contributed by atoms with Crippen LogP contribution >= 0.6 is 8.53 Å². The normalized spacial score (nSPS) is 14.4. The van der Waals surface area contributed by atoms with Crippen molar-refractivity contribution in [2.45, 2.75) is 85.4 Å². The maximum atomic E-state index is 12.0. The van der Waals surface area contributed by atoms with Crippen molar-refractivity contribution in [3.63, 3.8) is 0 Å². The highest BCUT2D eigenvalue weighted by molar-refractivity contribution is 7.44. The fourth-order valence-electron chi connectivity index (χ4n) is 3.04. The van der Waals surface area contributed by atoms with Crippen molar-refractivity contribution < 1.29 is 28.8 Å². The van der Waals surface area contributed by atoms with Crippen LogP contribution in [0.3, 0.4) is 0 Å². The van der Waals surface area contributed by atoms with Crippen LogP contribution in [-0.2, 0) is 18.6 Å². The summed E-state index contributed by atoms with van der Waals surface area (Å²) in [6.45, 7) is 11.4. The van der Waals surface area contributed by atoms with Gasteiger partial charge >= 0.3 is 11.9 Å². The molecule has 0 aliphatic rings. The van der Waals surface area contributed by atoms with Gasteiger partial charge in [-0.2, -0.15) is 5.26 Å². The maximum absolute atomic E-state index is 12.0. The van der Waals surface area contributed by atoms with Crippen molar-refractivity contribution in [3.8, 4) is 6.07 Å². The molecule has 0 spiro atoms. The Balaban J connectivity index is 5.92. The molecule has 8 nitrogen and oxygen atoms in total. The molecule has 9 heteroatoms. The minimum Gasteiger partial charge on any atom is -0.481 e. The molecule has 0 aliphatic carbocycles. The summed E-state index contributed by atoms with van der Waals surface area (Å²) in [5.41, 5.74) is -1.32. The van der Waals surface area contributed by atoms with Gasteiger partial charge in [0.2, 0.25) is 0 Å². The number of nitrogens with zero attached hydrogens (tertiary/aromatic N) is 2. The SMILES string of the molecule is CCC(CC)(C(=O)O)C(CC(=O)O)OP(OCCC#N)N(C(C)C)C(C)C. The summed E-state index contributed by atoms with van der Waals surface area (Å²) in [6.07, 6.45) is -0.834. The fourth-order valence-corrected chi connectivity index (χ4v) is 4.84. The molecule has 2 unspecified atom stereocenters. The molecule has 0 amide bonds. The molecule has 0 bridgehead atoms. The molecule has 27 heavy (non-hydrogen) atoms. The van der Waals surface area contributed by atoms with Crippen molar-refractivity contribution in [1.29, 1.82) is 5.26 Å². The van der Waals surface area contributed by atoms with Gasteiger partial charge in [-0.05, 0) is 40.5 Å². The van der Waals surface area contributed by atoms with E-state index in [0.29, 0.717) is 0 Å². The van der Waals surface area contributed by atoms with Gasteiger partial charge in [-0.15, -0.1) is 0 Å². The summed E-state index contributed by atoms with van der Waals surface area (Å²) in [5.74, 6) is -2.20. The van der Waals surface area contributed by atoms with Gasteiger partial charge in [-0.3, -0.25) is 9.59 Å². The second kappa shape index (κ2) is 12.2. The van der Waals surface area contributed by atoms with Crippen LogP contribution in [0.4, 0.5) is 0 Å². The zero-order valence-corrected chi connectivity index (χ0v) is 18.0. The number of nitriles is 1. The Morgan fingerprint density at radius 1 is 1.15 bits per heavy atom. The highest BCUT2D eigenvalue weighted by atomic mass is 31.2. The molecule has 0 saturated carbocycles. The summed E-state index contributed by atoms with van der Waals surface area (Å²) >= 11 is 0. The number of carbonyl (C=O) groups is 2. The smallest absolute Gasteiger partial charge is 0.312 e. The van der Waals surface area contributed by atoms with Crippen LogP contribution in [0.1, 0.15) is 67.2 Å². The Morgan fingerprint density at radius 2 is 1.67 bits per heavy atom. The standard InChI is InChI=1S/C18H33N2O6P/c1-7-18(8-2,17(23)24)15(12-16(21)22)26-27(25-11-9-10-19)20(13(3)4)14(5)6/h13-15H,7-9,11-12H2,1-6H3,(H,21,22)(H,23,24). The molecule has 0 aromatic heterocycles. The van der Waals surface area contributed by atoms with Crippen LogP contribution in [0.2, 0.25) is 0 Å². The van der Waals surface area contributed by atoms with Gasteiger partial charge in [-0.1, -0.05) is 13.8 Å². The van der Waals surface area contributed by atoms with E-state index in [-0.39, 0.29) is 38.0 Å². The monoisotopic (exact) mass is 404 g/mol.